The van der Waals surface area contributed by atoms with Gasteiger partial charge in [-0.2, -0.15) is 0 Å². The molecule has 0 saturated carbocycles. The number of nitrogens with zero attached hydrogens (tertiary/aromatic N) is 2. The van der Waals surface area contributed by atoms with Crippen molar-refractivity contribution in [3.63, 3.8) is 0 Å². The summed E-state index contributed by atoms with van der Waals surface area (Å²) < 4.78 is 5.52. The molecular weight excluding hydrogens is 264 g/mol. The summed E-state index contributed by atoms with van der Waals surface area (Å²) in [7, 11) is 0. The molecule has 1 amide bonds. The molecule has 1 aliphatic rings. The normalized spacial score (nSPS) is 24.0. The average molecular weight is 298 g/mol. The van der Waals surface area contributed by atoms with E-state index >= 15 is 0 Å². The fourth-order valence-electron chi connectivity index (χ4n) is 3.48. The van der Waals surface area contributed by atoms with Gasteiger partial charge in [-0.1, -0.05) is 20.8 Å². The van der Waals surface area contributed by atoms with Gasteiger partial charge in [-0.3, -0.25) is 4.90 Å². The van der Waals surface area contributed by atoms with E-state index in [2.05, 4.69) is 25.7 Å². The zero-order valence-corrected chi connectivity index (χ0v) is 14.9. The Balaban J connectivity index is 2.74. The Bertz CT molecular complexity index is 334. The molecule has 1 unspecified atom stereocenters. The molecule has 1 fully saturated rings. The van der Waals surface area contributed by atoms with Gasteiger partial charge < -0.3 is 9.64 Å². The number of likely N-dealkylation sites (tertiary alicyclic amines) is 1. The van der Waals surface area contributed by atoms with Crippen LogP contribution >= 0.6 is 0 Å². The Morgan fingerprint density at radius 2 is 1.76 bits per heavy atom. The molecule has 0 bridgehead atoms. The monoisotopic (exact) mass is 298 g/mol. The van der Waals surface area contributed by atoms with Crippen molar-refractivity contribution in [3.05, 3.63) is 0 Å². The van der Waals surface area contributed by atoms with Crippen LogP contribution in [0.15, 0.2) is 0 Å². The van der Waals surface area contributed by atoms with Gasteiger partial charge in [0.05, 0.1) is 0 Å². The second-order valence-electron chi connectivity index (χ2n) is 7.07. The van der Waals surface area contributed by atoms with Gasteiger partial charge in [-0.25, -0.2) is 4.79 Å². The van der Waals surface area contributed by atoms with Crippen LogP contribution in [0.2, 0.25) is 0 Å². The molecule has 0 aromatic heterocycles. The summed E-state index contributed by atoms with van der Waals surface area (Å²) in [6.07, 6.45) is 4.27. The molecule has 0 N–H and O–H groups in total. The highest BCUT2D eigenvalue weighted by molar-refractivity contribution is 5.68. The summed E-state index contributed by atoms with van der Waals surface area (Å²) >= 11 is 0. The predicted molar refractivity (Wildman–Crippen MR) is 87.6 cm³/mol. The summed E-state index contributed by atoms with van der Waals surface area (Å²) in [5.41, 5.74) is -0.162. The van der Waals surface area contributed by atoms with Gasteiger partial charge in [-0.15, -0.1) is 0 Å². The highest BCUT2D eigenvalue weighted by atomic mass is 16.6. The first-order valence-corrected chi connectivity index (χ1v) is 8.51. The molecule has 1 saturated heterocycles. The molecule has 1 heterocycles. The van der Waals surface area contributed by atoms with E-state index in [0.29, 0.717) is 0 Å². The second-order valence-corrected chi connectivity index (χ2v) is 7.07. The lowest BCUT2D eigenvalue weighted by molar-refractivity contribution is 0.0237. The van der Waals surface area contributed by atoms with Crippen LogP contribution in [0.3, 0.4) is 0 Å². The van der Waals surface area contributed by atoms with E-state index in [0.717, 1.165) is 45.4 Å². The average Bonchev–Trinajstić information content (AvgIpc) is 2.62. The SMILES string of the molecule is CCN(CC)C1(CC)CCCN(C(=O)OC(C)(C)C)CC1. The minimum atomic E-state index is -0.413. The Morgan fingerprint density at radius 1 is 1.14 bits per heavy atom. The van der Waals surface area contributed by atoms with Crippen molar-refractivity contribution < 1.29 is 9.53 Å². The van der Waals surface area contributed by atoms with E-state index in [1.165, 1.54) is 6.42 Å². The van der Waals surface area contributed by atoms with Crippen molar-refractivity contribution in [2.45, 2.75) is 78.4 Å². The van der Waals surface area contributed by atoms with Crippen molar-refractivity contribution in [2.75, 3.05) is 26.2 Å². The van der Waals surface area contributed by atoms with Crippen LogP contribution in [0.4, 0.5) is 4.79 Å². The molecule has 1 atom stereocenters. The molecule has 0 aliphatic carbocycles. The lowest BCUT2D eigenvalue weighted by Crippen LogP contribution is -2.49. The third-order valence-electron chi connectivity index (χ3n) is 4.66. The summed E-state index contributed by atoms with van der Waals surface area (Å²) in [5, 5.41) is 0. The smallest absolute Gasteiger partial charge is 0.410 e. The van der Waals surface area contributed by atoms with Gasteiger partial charge in [0.1, 0.15) is 5.60 Å². The first kappa shape index (κ1) is 18.3. The second kappa shape index (κ2) is 7.48. The van der Waals surface area contributed by atoms with Gasteiger partial charge in [-0.05, 0) is 59.5 Å². The van der Waals surface area contributed by atoms with Crippen LogP contribution in [0.1, 0.15) is 67.2 Å². The standard InChI is InChI=1S/C17H34N2O2/c1-7-17(19(8-2)9-3)11-10-13-18(14-12-17)15(20)21-16(4,5)6/h7-14H2,1-6H3. The summed E-state index contributed by atoms with van der Waals surface area (Å²) in [6, 6.07) is 0. The van der Waals surface area contributed by atoms with E-state index in [4.69, 9.17) is 4.74 Å². The fraction of sp³-hybridized carbons (Fsp3) is 0.941. The lowest BCUT2D eigenvalue weighted by Gasteiger charge is -2.42. The van der Waals surface area contributed by atoms with Crippen LogP contribution in [-0.4, -0.2) is 53.2 Å². The number of amides is 1. The number of carbonyl (C=O) groups is 1. The van der Waals surface area contributed by atoms with Crippen LogP contribution in [0.25, 0.3) is 0 Å². The fourth-order valence-corrected chi connectivity index (χ4v) is 3.48. The molecule has 1 aliphatic heterocycles. The number of rotatable bonds is 4. The molecule has 0 radical (unpaired) electrons. The van der Waals surface area contributed by atoms with Crippen LogP contribution in [0.5, 0.6) is 0 Å². The zero-order valence-electron chi connectivity index (χ0n) is 14.9. The maximum Gasteiger partial charge on any atom is 0.410 e. The Kier molecular flexibility index (Phi) is 6.51. The minimum Gasteiger partial charge on any atom is -0.444 e. The van der Waals surface area contributed by atoms with Gasteiger partial charge in [0, 0.05) is 18.6 Å². The highest BCUT2D eigenvalue weighted by Gasteiger charge is 2.36. The van der Waals surface area contributed by atoms with Gasteiger partial charge >= 0.3 is 6.09 Å². The minimum absolute atomic E-state index is 0.158. The number of ether oxygens (including phenoxy) is 1. The molecular formula is C17H34N2O2. The third kappa shape index (κ3) is 4.87. The number of hydrogen-bond donors (Lipinski definition) is 0. The summed E-state index contributed by atoms with van der Waals surface area (Å²) in [6.45, 7) is 16.3. The van der Waals surface area contributed by atoms with Crippen LogP contribution in [0, 0.1) is 0 Å². The van der Waals surface area contributed by atoms with Crippen molar-refractivity contribution >= 4 is 6.09 Å². The molecule has 0 spiro atoms. The van der Waals surface area contributed by atoms with E-state index in [9.17, 15) is 4.79 Å². The molecule has 0 aromatic carbocycles. The van der Waals surface area contributed by atoms with E-state index in [1.807, 2.05) is 25.7 Å². The molecule has 0 aromatic rings. The summed E-state index contributed by atoms with van der Waals surface area (Å²) in [5.74, 6) is 0. The molecule has 1 rings (SSSR count). The highest BCUT2D eigenvalue weighted by Crippen LogP contribution is 2.32. The van der Waals surface area contributed by atoms with Crippen LogP contribution < -0.4 is 0 Å². The molecule has 21 heavy (non-hydrogen) atoms. The third-order valence-corrected chi connectivity index (χ3v) is 4.66. The lowest BCUT2D eigenvalue weighted by atomic mass is 9.85. The maximum absolute atomic E-state index is 12.3. The summed E-state index contributed by atoms with van der Waals surface area (Å²) in [4.78, 5) is 16.7. The van der Waals surface area contributed by atoms with Gasteiger partial charge in [0.25, 0.3) is 0 Å². The van der Waals surface area contributed by atoms with E-state index in [-0.39, 0.29) is 11.6 Å². The Morgan fingerprint density at radius 3 is 2.24 bits per heavy atom. The number of carbonyl (C=O) groups excluding carboxylic acids is 1. The van der Waals surface area contributed by atoms with E-state index < -0.39 is 5.60 Å². The topological polar surface area (TPSA) is 32.8 Å². The van der Waals surface area contributed by atoms with E-state index in [1.54, 1.807) is 0 Å². The quantitative estimate of drug-likeness (QED) is 0.789. The molecule has 4 heteroatoms. The van der Waals surface area contributed by atoms with Gasteiger partial charge in [0.15, 0.2) is 0 Å². The van der Waals surface area contributed by atoms with Crippen LogP contribution in [-0.2, 0) is 4.74 Å². The Hall–Kier alpha value is -0.770. The molecule has 124 valence electrons. The Labute approximate surface area is 130 Å². The number of hydrogen-bond acceptors (Lipinski definition) is 3. The van der Waals surface area contributed by atoms with Crippen molar-refractivity contribution in [1.82, 2.24) is 9.80 Å². The first-order chi connectivity index (χ1) is 9.78. The molecule has 4 nitrogen and oxygen atoms in total. The largest absolute Gasteiger partial charge is 0.444 e. The van der Waals surface area contributed by atoms with Crippen molar-refractivity contribution in [1.29, 1.82) is 0 Å². The first-order valence-electron chi connectivity index (χ1n) is 8.51. The van der Waals surface area contributed by atoms with Crippen molar-refractivity contribution in [3.8, 4) is 0 Å². The van der Waals surface area contributed by atoms with Crippen molar-refractivity contribution in [2.24, 2.45) is 0 Å². The maximum atomic E-state index is 12.3. The predicted octanol–water partition coefficient (Wildman–Crippen LogP) is 3.90. The zero-order chi connectivity index (χ0) is 16.1. The van der Waals surface area contributed by atoms with Gasteiger partial charge in [0.2, 0.25) is 0 Å².